The maximum atomic E-state index is 14.4. The number of ether oxygens (including phenoxy) is 1. The van der Waals surface area contributed by atoms with Gasteiger partial charge in [0, 0.05) is 120 Å². The molecule has 2 unspecified atom stereocenters. The van der Waals surface area contributed by atoms with E-state index in [0.29, 0.717) is 62.1 Å². The zero-order chi connectivity index (χ0) is 76.3. The van der Waals surface area contributed by atoms with Crippen molar-refractivity contribution < 1.29 is 93.7 Å². The van der Waals surface area contributed by atoms with Crippen molar-refractivity contribution in [2.45, 2.75) is 189 Å². The molecule has 7 amide bonds. The predicted octanol–water partition coefficient (Wildman–Crippen LogP) is 4.38. The number of aromatic nitrogens is 2. The van der Waals surface area contributed by atoms with E-state index in [1.807, 2.05) is 80.5 Å². The predicted molar refractivity (Wildman–Crippen MR) is 374 cm³/mol. The van der Waals surface area contributed by atoms with E-state index in [1.165, 1.54) is 30.0 Å². The fourth-order valence-corrected chi connectivity index (χ4v) is 17.1. The maximum Gasteiger partial charge on any atom is 3.00 e. The summed E-state index contributed by atoms with van der Waals surface area (Å²) in [6, 6.07) is 8.71. The number of hydrogen-bond donors (Lipinski definition) is 11. The van der Waals surface area contributed by atoms with Gasteiger partial charge in [0.15, 0.2) is 6.23 Å². The van der Waals surface area contributed by atoms with Crippen molar-refractivity contribution in [3.05, 3.63) is 106 Å². The number of aliphatic hydroxyl groups excluding tert-OH is 2. The Labute approximate surface area is 608 Å². The van der Waals surface area contributed by atoms with Gasteiger partial charge in [-0.05, 0) is 142 Å². The van der Waals surface area contributed by atoms with Crippen molar-refractivity contribution in [3.8, 4) is 0 Å². The number of allylic oxidation sites excluding steroid dienone is 6. The van der Waals surface area contributed by atoms with E-state index in [0.717, 1.165) is 11.1 Å². The Morgan fingerprint density at radius 3 is 1.91 bits per heavy atom. The number of anilines is 1. The molecule has 560 valence electrons. The maximum absolute atomic E-state index is 14.4. The third kappa shape index (κ3) is 17.3. The number of primary amides is 6. The smallest absolute Gasteiger partial charge is 0.756 e. The Balaban J connectivity index is 0.00000117. The molecule has 2 fully saturated rings. The third-order valence-electron chi connectivity index (χ3n) is 21.6. The van der Waals surface area contributed by atoms with Crippen LogP contribution in [0.1, 0.15) is 161 Å². The van der Waals surface area contributed by atoms with Crippen molar-refractivity contribution in [2.75, 3.05) is 18.9 Å². The summed E-state index contributed by atoms with van der Waals surface area (Å²) in [6.07, 6.45) is -4.79. The minimum atomic E-state index is -5.32. The van der Waals surface area contributed by atoms with Gasteiger partial charge in [0.1, 0.15) is 18.3 Å². The second-order valence-electron chi connectivity index (χ2n) is 28.9. The molecule has 0 saturated carbocycles. The number of amides is 7. The Bertz CT molecular complexity index is 4090. The second kappa shape index (κ2) is 32.7. The average Bonchev–Trinajstić information content (AvgIpc) is 1.53. The minimum absolute atomic E-state index is 0. The number of fused-ring (bicyclic) bond motifs is 7. The standard InChI is InChI=1S/C62H90N13O14P.C7H7NO2.CN.Co/c1-29-20-39-40(21-30(29)2)75(28-70-39)57-52(84)53(41(27-76)87-57)89-90(85,86)88-31(3)26-69-49(83)18-19-59(8)37(22-46(66)80)56-62(11)61(10,25-48(68)82)36(14-17-45(65)79)51(74-62)33(5)55-60(9,24-47(67)81)34(12-15-43(63)77)38(71-55)23-42-58(6,7)35(13-16-44(64)78)50(72-42)32(4)54(59)73-56;8-6-3-1-5(2-4-6)7(9)10;1-2;/h20-21,23,28,31,34-37,41,52-53,56-57,76,84H,12-19,22,24-27H2,1-11H3,(H15,63,64,65,66,67,68,69,71,72,73,74,77,78,79,80,81,82,83,85,86);1-4H,8H2,(H,9,10);;/q;;-1;+3/p-2/t31?,34-,35-,36-,37+,41-,52-,53-,56-,57+,59-,60+,61+,62+;;;/m1.../s1. The molecule has 9 rings (SSSR count). The van der Waals surface area contributed by atoms with E-state index in [2.05, 4.69) is 10.3 Å². The molecule has 3 aromatic rings. The second-order valence-corrected chi connectivity index (χ2v) is 30.2. The normalized spacial score (nSPS) is 30.8. The van der Waals surface area contributed by atoms with E-state index >= 15 is 0 Å². The molecule has 6 aliphatic heterocycles. The molecular formula is C70H95CoN15O16P. The summed E-state index contributed by atoms with van der Waals surface area (Å²) in [6.45, 7) is 23.7. The van der Waals surface area contributed by atoms with Gasteiger partial charge in [0.2, 0.25) is 41.4 Å². The summed E-state index contributed by atoms with van der Waals surface area (Å²) in [5.41, 5.74) is 42.8. The average molecular weight is 1490 g/mol. The van der Waals surface area contributed by atoms with E-state index in [1.54, 1.807) is 19.1 Å². The van der Waals surface area contributed by atoms with Gasteiger partial charge < -0.3 is 101 Å². The van der Waals surface area contributed by atoms with Crippen LogP contribution in [0.5, 0.6) is 0 Å². The quantitative estimate of drug-likeness (QED) is 0.0287. The topological polar surface area (TPSA) is 552 Å². The van der Waals surface area contributed by atoms with Crippen LogP contribution in [-0.2, 0) is 68.7 Å². The number of carbonyl (C=O) groups excluding carboxylic acids is 7. The number of benzene rings is 2. The van der Waals surface area contributed by atoms with Crippen LogP contribution in [-0.4, -0.2) is 138 Å². The van der Waals surface area contributed by atoms with Gasteiger partial charge in [-0.2, -0.15) is 5.70 Å². The molecule has 1 aromatic heterocycles. The van der Waals surface area contributed by atoms with Crippen molar-refractivity contribution in [2.24, 2.45) is 94.7 Å². The number of nitrogens with two attached hydrogens (primary N) is 7. The number of carbonyl (C=O) groups is 8. The van der Waals surface area contributed by atoms with Crippen LogP contribution in [0.3, 0.4) is 0 Å². The van der Waals surface area contributed by atoms with Gasteiger partial charge in [-0.15, -0.1) is 0 Å². The van der Waals surface area contributed by atoms with Crippen LogP contribution < -0.4 is 50.3 Å². The van der Waals surface area contributed by atoms with Gasteiger partial charge in [-0.3, -0.25) is 53.1 Å². The van der Waals surface area contributed by atoms with Crippen molar-refractivity contribution in [3.63, 3.8) is 0 Å². The molecule has 2 saturated heterocycles. The van der Waals surface area contributed by atoms with Crippen LogP contribution in [0.25, 0.3) is 16.4 Å². The Morgan fingerprint density at radius 1 is 0.786 bits per heavy atom. The van der Waals surface area contributed by atoms with Crippen molar-refractivity contribution in [1.29, 1.82) is 5.26 Å². The number of hydrogen-bond acceptors (Lipinski definition) is 21. The van der Waals surface area contributed by atoms with Gasteiger partial charge in [-0.1, -0.05) is 47.1 Å². The molecule has 0 aliphatic carbocycles. The number of phosphoric acid groups is 1. The molecule has 0 spiro atoms. The first-order chi connectivity index (χ1) is 47.5. The molecule has 103 heavy (non-hydrogen) atoms. The third-order valence-corrected chi connectivity index (χ3v) is 22.8. The number of rotatable bonds is 27. The minimum Gasteiger partial charge on any atom is -0.756 e. The van der Waals surface area contributed by atoms with Crippen LogP contribution in [0.2, 0.25) is 0 Å². The summed E-state index contributed by atoms with van der Waals surface area (Å²) >= 11 is 0. The van der Waals surface area contributed by atoms with Gasteiger partial charge in [0.25, 0.3) is 7.82 Å². The number of imidazole rings is 1. The Kier molecular flexibility index (Phi) is 26.5. The van der Waals surface area contributed by atoms with Gasteiger partial charge in [0.05, 0.1) is 35.6 Å². The van der Waals surface area contributed by atoms with E-state index < -0.39 is 149 Å². The fourth-order valence-electron chi connectivity index (χ4n) is 15.9. The van der Waals surface area contributed by atoms with Gasteiger partial charge >= 0.3 is 22.7 Å². The first kappa shape index (κ1) is 83.4. The first-order valence-corrected chi connectivity index (χ1v) is 35.0. The molecule has 7 heterocycles. The van der Waals surface area contributed by atoms with E-state index in [4.69, 9.17) is 91.2 Å². The van der Waals surface area contributed by atoms with Crippen molar-refractivity contribution in [1.82, 2.24) is 14.9 Å². The number of nitrogen functional groups attached to an aromatic ring is 1. The van der Waals surface area contributed by atoms with Crippen LogP contribution in [0.15, 0.2) is 92.0 Å². The number of nitrogens with zero attached hydrogens (tertiary/aromatic N) is 7. The zero-order valence-corrected chi connectivity index (χ0v) is 61.6. The molecule has 6 aliphatic rings. The molecule has 2 aromatic carbocycles. The van der Waals surface area contributed by atoms with E-state index in [9.17, 15) is 58.0 Å². The molecule has 31 nitrogen and oxygen atoms in total. The summed E-state index contributed by atoms with van der Waals surface area (Å²) in [7, 11) is -5.32. The van der Waals surface area contributed by atoms with E-state index in [-0.39, 0.29) is 99.5 Å². The number of aromatic carboxylic acids is 1. The largest absolute Gasteiger partial charge is 3.00 e. The van der Waals surface area contributed by atoms with Crippen molar-refractivity contribution >= 4 is 89.0 Å². The molecule has 18 N–H and O–H groups in total. The van der Waals surface area contributed by atoms with Crippen LogP contribution >= 0.6 is 7.82 Å². The fraction of sp³-hybridized carbons (Fsp3) is 0.557. The van der Waals surface area contributed by atoms with Gasteiger partial charge in [-0.25, -0.2) is 9.78 Å². The summed E-state index contributed by atoms with van der Waals surface area (Å²) in [4.78, 5) is 138. The number of carboxylic acid groups (broad SMARTS) is 1. The first-order valence-electron chi connectivity index (χ1n) is 33.5. The zero-order valence-electron chi connectivity index (χ0n) is 59.7. The summed E-state index contributed by atoms with van der Waals surface area (Å²) in [5.74, 6) is -8.33. The monoisotopic (exact) mass is 1490 g/mol. The summed E-state index contributed by atoms with van der Waals surface area (Å²) < 4.78 is 31.9. The molecule has 15 atom stereocenters. The Morgan fingerprint density at radius 2 is 1.36 bits per heavy atom. The molecule has 8 bridgehead atoms. The Hall–Kier alpha value is -8.51. The number of nitrogens with one attached hydrogen (secondary N) is 1. The van der Waals surface area contributed by atoms with Crippen LogP contribution in [0.4, 0.5) is 5.69 Å². The SMILES string of the molecule is C/C1=C2N=C(/C=C3N=C(/C(C)=C4\[N-][C@@](C)([C@@H]5N=C1[C@](C)(CCC(=O)NCC(C)OP(=O)([O-])O[C@H]1[C@@H](O)[C@@H](n6cnc7cc(C)c(C)cc76)O[C@@H]1CO)[C@H]5CC(N)=O)[C@@](C)(CC(N)=O)[C@@H]4CCC(N)=O)[C@@](C)(CC(N)=O)[C@@H]\3CCC(N)=O)C(C)(C)[C@@H]/2CCC(N)=O.Nc1ccc(C(=O)O)cc1.[C-]#N.[Co+3]. The van der Waals surface area contributed by atoms with Crippen LogP contribution in [0, 0.1) is 71.0 Å². The number of aryl methyl sites for hydroxylation is 2. The number of aliphatic imine (C=N–C) groups is 3. The molecular weight excluding hydrogens is 1400 g/mol. The number of aliphatic hydroxyl groups is 2. The summed E-state index contributed by atoms with van der Waals surface area (Å²) in [5, 5.41) is 44.8. The molecule has 33 heteroatoms. The number of phosphoric ester groups is 1. The molecule has 0 radical (unpaired) electrons. The number of carboxylic acids is 1.